The van der Waals surface area contributed by atoms with Crippen LogP contribution >= 0.6 is 0 Å². The number of hydrogen-bond donors (Lipinski definition) is 1. The van der Waals surface area contributed by atoms with Gasteiger partial charge in [-0.3, -0.25) is 9.59 Å². The Labute approximate surface area is 189 Å². The summed E-state index contributed by atoms with van der Waals surface area (Å²) in [6.45, 7) is 3.88. The van der Waals surface area contributed by atoms with E-state index >= 15 is 0 Å². The Morgan fingerprint density at radius 3 is 2.12 bits per heavy atom. The lowest BCUT2D eigenvalue weighted by Crippen LogP contribution is -2.27. The van der Waals surface area contributed by atoms with Crippen molar-refractivity contribution in [3.05, 3.63) is 112 Å². The van der Waals surface area contributed by atoms with E-state index in [9.17, 15) is 9.59 Å². The topological polar surface area (TPSA) is 81.8 Å². The lowest BCUT2D eigenvalue weighted by molar-refractivity contribution is 0.102. The van der Waals surface area contributed by atoms with E-state index < -0.39 is 5.91 Å². The smallest absolute Gasteiger partial charge is 0.279 e. The third-order valence-corrected chi connectivity index (χ3v) is 5.37. The standard InChI is InChI=1S/C26H21N5O2/c1-17-12-14-20(15-13-17)30-23(16-18(2)28-30)27-25(32)24-21-10-6-7-11-22(21)26(33)31(29-24)19-8-4-3-5-9-19/h3-16H,1-2H3,(H,27,32). The van der Waals surface area contributed by atoms with E-state index in [4.69, 9.17) is 0 Å². The molecular formula is C26H21N5O2. The summed E-state index contributed by atoms with van der Waals surface area (Å²) in [5, 5.41) is 12.8. The van der Waals surface area contributed by atoms with Gasteiger partial charge in [0.2, 0.25) is 0 Å². The summed E-state index contributed by atoms with van der Waals surface area (Å²) in [6, 6.07) is 25.7. The van der Waals surface area contributed by atoms with E-state index in [0.717, 1.165) is 16.9 Å². The molecule has 1 N–H and O–H groups in total. The first kappa shape index (κ1) is 20.4. The van der Waals surface area contributed by atoms with E-state index in [1.807, 2.05) is 56.3 Å². The average molecular weight is 435 g/mol. The second kappa shape index (κ2) is 8.20. The molecule has 2 aromatic heterocycles. The number of aryl methyl sites for hydroxylation is 2. The monoisotopic (exact) mass is 435 g/mol. The molecule has 0 saturated carbocycles. The first-order valence-corrected chi connectivity index (χ1v) is 10.5. The first-order valence-electron chi connectivity index (χ1n) is 10.5. The minimum absolute atomic E-state index is 0.156. The molecule has 0 unspecified atom stereocenters. The molecule has 0 bridgehead atoms. The average Bonchev–Trinajstić information content (AvgIpc) is 3.20. The highest BCUT2D eigenvalue weighted by Gasteiger charge is 2.19. The summed E-state index contributed by atoms with van der Waals surface area (Å²) < 4.78 is 2.95. The SMILES string of the molecule is Cc1ccc(-n2nc(C)cc2NC(=O)c2nn(-c3ccccc3)c(=O)c3ccccc23)cc1. The van der Waals surface area contributed by atoms with Crippen LogP contribution < -0.4 is 10.9 Å². The molecule has 1 amide bonds. The van der Waals surface area contributed by atoms with Crippen LogP contribution in [0, 0.1) is 13.8 Å². The van der Waals surface area contributed by atoms with Gasteiger partial charge in [0.15, 0.2) is 5.69 Å². The highest BCUT2D eigenvalue weighted by atomic mass is 16.2. The molecule has 0 atom stereocenters. The Morgan fingerprint density at radius 2 is 1.39 bits per heavy atom. The van der Waals surface area contributed by atoms with Crippen molar-refractivity contribution in [3.63, 3.8) is 0 Å². The molecule has 0 radical (unpaired) electrons. The fourth-order valence-electron chi connectivity index (χ4n) is 3.75. The predicted octanol–water partition coefficient (Wildman–Crippen LogP) is 4.44. The molecule has 0 fully saturated rings. The van der Waals surface area contributed by atoms with Gasteiger partial charge in [0, 0.05) is 11.5 Å². The Bertz CT molecular complexity index is 1530. The number of amides is 1. The summed E-state index contributed by atoms with van der Waals surface area (Å²) in [4.78, 5) is 26.5. The van der Waals surface area contributed by atoms with Crippen LogP contribution in [0.3, 0.4) is 0 Å². The van der Waals surface area contributed by atoms with Crippen molar-refractivity contribution in [1.29, 1.82) is 0 Å². The Kier molecular flexibility index (Phi) is 5.06. The van der Waals surface area contributed by atoms with Crippen molar-refractivity contribution < 1.29 is 4.79 Å². The fourth-order valence-corrected chi connectivity index (χ4v) is 3.75. The normalized spacial score (nSPS) is 11.0. The van der Waals surface area contributed by atoms with E-state index in [2.05, 4.69) is 15.5 Å². The second-order valence-corrected chi connectivity index (χ2v) is 7.82. The zero-order valence-electron chi connectivity index (χ0n) is 18.2. The molecule has 5 rings (SSSR count). The van der Waals surface area contributed by atoms with Gasteiger partial charge >= 0.3 is 0 Å². The van der Waals surface area contributed by atoms with Crippen LogP contribution in [0.4, 0.5) is 5.82 Å². The van der Waals surface area contributed by atoms with Crippen molar-refractivity contribution in [3.8, 4) is 11.4 Å². The van der Waals surface area contributed by atoms with Gasteiger partial charge in [-0.15, -0.1) is 0 Å². The summed E-state index contributed by atoms with van der Waals surface area (Å²) in [6.07, 6.45) is 0. The lowest BCUT2D eigenvalue weighted by atomic mass is 10.1. The van der Waals surface area contributed by atoms with E-state index in [0.29, 0.717) is 22.3 Å². The zero-order valence-corrected chi connectivity index (χ0v) is 18.2. The molecule has 0 aliphatic rings. The maximum atomic E-state index is 13.4. The van der Waals surface area contributed by atoms with Crippen molar-refractivity contribution in [2.24, 2.45) is 0 Å². The van der Waals surface area contributed by atoms with Crippen LogP contribution in [-0.2, 0) is 0 Å². The largest absolute Gasteiger partial charge is 0.305 e. The summed E-state index contributed by atoms with van der Waals surface area (Å²) in [5.41, 5.74) is 3.18. The third-order valence-electron chi connectivity index (χ3n) is 5.37. The molecule has 0 aliphatic heterocycles. The van der Waals surface area contributed by atoms with Gasteiger partial charge in [0.05, 0.1) is 22.5 Å². The molecular weight excluding hydrogens is 414 g/mol. The van der Waals surface area contributed by atoms with E-state index in [-0.39, 0.29) is 11.3 Å². The number of benzene rings is 3. The molecule has 7 heteroatoms. The van der Waals surface area contributed by atoms with Gasteiger partial charge in [-0.1, -0.05) is 54.1 Å². The quantitative estimate of drug-likeness (QED) is 0.452. The number of carbonyl (C=O) groups is 1. The van der Waals surface area contributed by atoms with Crippen LogP contribution in [0.1, 0.15) is 21.7 Å². The number of aromatic nitrogens is 4. The zero-order chi connectivity index (χ0) is 22.9. The van der Waals surface area contributed by atoms with Crippen molar-refractivity contribution in [2.45, 2.75) is 13.8 Å². The van der Waals surface area contributed by atoms with Crippen LogP contribution in [-0.4, -0.2) is 25.5 Å². The first-order chi connectivity index (χ1) is 16.0. The maximum Gasteiger partial charge on any atom is 0.279 e. The highest BCUT2D eigenvalue weighted by Crippen LogP contribution is 2.20. The van der Waals surface area contributed by atoms with Crippen LogP contribution in [0.2, 0.25) is 0 Å². The Morgan fingerprint density at radius 1 is 0.758 bits per heavy atom. The lowest BCUT2D eigenvalue weighted by Gasteiger charge is -2.12. The van der Waals surface area contributed by atoms with Gasteiger partial charge in [-0.2, -0.15) is 14.9 Å². The Hall–Kier alpha value is -4.52. The molecule has 33 heavy (non-hydrogen) atoms. The maximum absolute atomic E-state index is 13.4. The molecule has 2 heterocycles. The summed E-state index contributed by atoms with van der Waals surface area (Å²) >= 11 is 0. The highest BCUT2D eigenvalue weighted by molar-refractivity contribution is 6.11. The van der Waals surface area contributed by atoms with Crippen molar-refractivity contribution >= 4 is 22.5 Å². The van der Waals surface area contributed by atoms with Crippen LogP contribution in [0.25, 0.3) is 22.1 Å². The minimum atomic E-state index is -0.427. The molecule has 0 saturated heterocycles. The van der Waals surface area contributed by atoms with Gasteiger partial charge in [0.25, 0.3) is 11.5 Å². The van der Waals surface area contributed by atoms with Gasteiger partial charge in [0.1, 0.15) is 5.82 Å². The number of anilines is 1. The molecule has 5 aromatic rings. The molecule has 0 aliphatic carbocycles. The number of fused-ring (bicyclic) bond motifs is 1. The fraction of sp³-hybridized carbons (Fsp3) is 0.0769. The number of para-hydroxylation sites is 1. The third kappa shape index (κ3) is 3.80. The molecule has 0 spiro atoms. The molecule has 162 valence electrons. The number of carbonyl (C=O) groups excluding carboxylic acids is 1. The number of hydrogen-bond acceptors (Lipinski definition) is 4. The molecule has 7 nitrogen and oxygen atoms in total. The van der Waals surface area contributed by atoms with Gasteiger partial charge in [-0.25, -0.2) is 4.68 Å². The van der Waals surface area contributed by atoms with Gasteiger partial charge < -0.3 is 5.32 Å². The van der Waals surface area contributed by atoms with Crippen molar-refractivity contribution in [2.75, 3.05) is 5.32 Å². The number of rotatable bonds is 4. The van der Waals surface area contributed by atoms with Crippen LogP contribution in [0.5, 0.6) is 0 Å². The molecule has 3 aromatic carbocycles. The number of nitrogens with zero attached hydrogens (tertiary/aromatic N) is 4. The second-order valence-electron chi connectivity index (χ2n) is 7.82. The Balaban J connectivity index is 1.61. The van der Waals surface area contributed by atoms with Crippen molar-refractivity contribution in [1.82, 2.24) is 19.6 Å². The minimum Gasteiger partial charge on any atom is -0.305 e. The number of nitrogens with one attached hydrogen (secondary N) is 1. The van der Waals surface area contributed by atoms with E-state index in [1.165, 1.54) is 4.68 Å². The van der Waals surface area contributed by atoms with Gasteiger partial charge in [-0.05, 0) is 44.2 Å². The van der Waals surface area contributed by atoms with Crippen LogP contribution in [0.15, 0.2) is 89.7 Å². The van der Waals surface area contributed by atoms with E-state index in [1.54, 1.807) is 47.1 Å². The predicted molar refractivity (Wildman–Crippen MR) is 128 cm³/mol. The summed E-state index contributed by atoms with van der Waals surface area (Å²) in [7, 11) is 0. The summed E-state index contributed by atoms with van der Waals surface area (Å²) in [5.74, 6) is 0.0915.